The maximum Gasteiger partial charge on any atom is 0.227 e. The first-order valence-electron chi connectivity index (χ1n) is 7.99. The highest BCUT2D eigenvalue weighted by molar-refractivity contribution is 5.79. The van der Waals surface area contributed by atoms with Crippen molar-refractivity contribution in [2.45, 2.75) is 18.4 Å². The third-order valence-corrected chi connectivity index (χ3v) is 4.52. The van der Waals surface area contributed by atoms with Gasteiger partial charge in [0.25, 0.3) is 0 Å². The summed E-state index contributed by atoms with van der Waals surface area (Å²) >= 11 is 0. The van der Waals surface area contributed by atoms with Crippen molar-refractivity contribution in [3.8, 4) is 5.75 Å². The lowest BCUT2D eigenvalue weighted by Gasteiger charge is -2.17. The number of amides is 1. The number of likely N-dealkylation sites (tertiary alicyclic amines) is 1. The molecular weight excluding hydrogens is 307 g/mol. The van der Waals surface area contributed by atoms with Crippen LogP contribution in [0.4, 0.5) is 4.39 Å². The molecule has 5 heteroatoms. The molecule has 1 saturated heterocycles. The smallest absolute Gasteiger partial charge is 0.227 e. The topological polar surface area (TPSA) is 55.6 Å². The number of benzene rings is 2. The molecule has 3 rings (SSSR count). The summed E-state index contributed by atoms with van der Waals surface area (Å²) in [6, 6.07) is 14.5. The second kappa shape index (κ2) is 7.01. The SMILES string of the molecule is COc1ccc(CC(=O)N2C[C@@H](N)[C@H](c3ccccc3)C2)cc1F. The summed E-state index contributed by atoms with van der Waals surface area (Å²) < 4.78 is 18.6. The predicted molar refractivity (Wildman–Crippen MR) is 90.4 cm³/mol. The van der Waals surface area contributed by atoms with Crippen molar-refractivity contribution in [2.24, 2.45) is 5.73 Å². The van der Waals surface area contributed by atoms with Crippen LogP contribution in [0.5, 0.6) is 5.75 Å². The summed E-state index contributed by atoms with van der Waals surface area (Å²) in [6.45, 7) is 1.12. The number of nitrogens with zero attached hydrogens (tertiary/aromatic N) is 1. The van der Waals surface area contributed by atoms with E-state index in [1.807, 2.05) is 30.3 Å². The minimum absolute atomic E-state index is 0.0338. The summed E-state index contributed by atoms with van der Waals surface area (Å²) in [5.41, 5.74) is 8.01. The van der Waals surface area contributed by atoms with E-state index in [1.54, 1.807) is 17.0 Å². The molecule has 1 aliphatic rings. The maximum atomic E-state index is 13.8. The fourth-order valence-electron chi connectivity index (χ4n) is 3.19. The molecule has 0 unspecified atom stereocenters. The van der Waals surface area contributed by atoms with Gasteiger partial charge in [0.1, 0.15) is 0 Å². The zero-order valence-electron chi connectivity index (χ0n) is 13.6. The molecule has 0 saturated carbocycles. The molecule has 2 aromatic carbocycles. The molecule has 4 nitrogen and oxygen atoms in total. The Kier molecular flexibility index (Phi) is 4.81. The molecular formula is C19H21FN2O2. The Morgan fingerprint density at radius 3 is 2.67 bits per heavy atom. The van der Waals surface area contributed by atoms with Crippen LogP contribution in [0.25, 0.3) is 0 Å². The average Bonchev–Trinajstić information content (AvgIpc) is 2.98. The van der Waals surface area contributed by atoms with Crippen LogP contribution in [0, 0.1) is 5.82 Å². The third-order valence-electron chi connectivity index (χ3n) is 4.52. The average molecular weight is 328 g/mol. The molecule has 24 heavy (non-hydrogen) atoms. The molecule has 126 valence electrons. The standard InChI is InChI=1S/C19H21FN2O2/c1-24-18-8-7-13(9-16(18)20)10-19(23)22-11-15(17(21)12-22)14-5-3-2-4-6-14/h2-9,15,17H,10-12,21H2,1H3/t15-,17+/m0/s1. The minimum atomic E-state index is -0.455. The van der Waals surface area contributed by atoms with Gasteiger partial charge in [-0.25, -0.2) is 4.39 Å². The molecule has 2 aromatic rings. The van der Waals surface area contributed by atoms with Gasteiger partial charge >= 0.3 is 0 Å². The largest absolute Gasteiger partial charge is 0.494 e. The minimum Gasteiger partial charge on any atom is -0.494 e. The molecule has 0 spiro atoms. The van der Waals surface area contributed by atoms with Gasteiger partial charge in [0.2, 0.25) is 5.91 Å². The molecule has 1 fully saturated rings. The fraction of sp³-hybridized carbons (Fsp3) is 0.316. The van der Waals surface area contributed by atoms with Gasteiger partial charge in [-0.15, -0.1) is 0 Å². The van der Waals surface area contributed by atoms with Crippen molar-refractivity contribution in [1.29, 1.82) is 0 Å². The van der Waals surface area contributed by atoms with Crippen molar-refractivity contribution in [3.63, 3.8) is 0 Å². The Morgan fingerprint density at radius 1 is 1.25 bits per heavy atom. The van der Waals surface area contributed by atoms with Crippen LogP contribution in [0.2, 0.25) is 0 Å². The van der Waals surface area contributed by atoms with Crippen molar-refractivity contribution in [1.82, 2.24) is 4.90 Å². The summed E-state index contributed by atoms with van der Waals surface area (Å²) in [5, 5.41) is 0. The van der Waals surface area contributed by atoms with Crippen LogP contribution in [-0.2, 0) is 11.2 Å². The van der Waals surface area contributed by atoms with E-state index in [0.29, 0.717) is 18.7 Å². The number of carbonyl (C=O) groups is 1. The van der Waals surface area contributed by atoms with Crippen molar-refractivity contribution in [3.05, 3.63) is 65.5 Å². The van der Waals surface area contributed by atoms with Crippen LogP contribution in [0.1, 0.15) is 17.0 Å². The van der Waals surface area contributed by atoms with E-state index in [-0.39, 0.29) is 30.0 Å². The normalized spacial score (nSPS) is 20.2. The third kappa shape index (κ3) is 3.41. The Hall–Kier alpha value is -2.40. The number of nitrogens with two attached hydrogens (primary N) is 1. The molecule has 2 N–H and O–H groups in total. The highest BCUT2D eigenvalue weighted by atomic mass is 19.1. The number of methoxy groups -OCH3 is 1. The number of carbonyl (C=O) groups excluding carboxylic acids is 1. The van der Waals surface area contributed by atoms with E-state index in [2.05, 4.69) is 0 Å². The second-order valence-corrected chi connectivity index (χ2v) is 6.13. The molecule has 0 bridgehead atoms. The lowest BCUT2D eigenvalue weighted by atomic mass is 9.95. The summed E-state index contributed by atoms with van der Waals surface area (Å²) in [7, 11) is 1.42. The molecule has 0 aliphatic carbocycles. The number of hydrogen-bond acceptors (Lipinski definition) is 3. The quantitative estimate of drug-likeness (QED) is 0.937. The highest BCUT2D eigenvalue weighted by Gasteiger charge is 2.33. The Balaban J connectivity index is 1.67. The van der Waals surface area contributed by atoms with E-state index in [1.165, 1.54) is 13.2 Å². The van der Waals surface area contributed by atoms with Gasteiger partial charge < -0.3 is 15.4 Å². The fourth-order valence-corrected chi connectivity index (χ4v) is 3.19. The van der Waals surface area contributed by atoms with Gasteiger partial charge in [0.15, 0.2) is 11.6 Å². The lowest BCUT2D eigenvalue weighted by Crippen LogP contribution is -2.33. The van der Waals surface area contributed by atoms with Crippen LogP contribution in [-0.4, -0.2) is 37.0 Å². The van der Waals surface area contributed by atoms with Gasteiger partial charge in [-0.2, -0.15) is 0 Å². The molecule has 1 heterocycles. The van der Waals surface area contributed by atoms with Gasteiger partial charge in [-0.1, -0.05) is 36.4 Å². The predicted octanol–water partition coefficient (Wildman–Crippen LogP) is 2.33. The Labute approximate surface area is 141 Å². The number of rotatable bonds is 4. The van der Waals surface area contributed by atoms with E-state index in [4.69, 9.17) is 10.5 Å². The number of halogens is 1. The number of hydrogen-bond donors (Lipinski definition) is 1. The Bertz CT molecular complexity index is 721. The van der Waals surface area contributed by atoms with Crippen molar-refractivity contribution < 1.29 is 13.9 Å². The van der Waals surface area contributed by atoms with Gasteiger partial charge in [-0.05, 0) is 23.3 Å². The Morgan fingerprint density at radius 2 is 2.00 bits per heavy atom. The van der Waals surface area contributed by atoms with Crippen molar-refractivity contribution >= 4 is 5.91 Å². The van der Waals surface area contributed by atoms with E-state index in [9.17, 15) is 9.18 Å². The monoisotopic (exact) mass is 328 g/mol. The van der Waals surface area contributed by atoms with Gasteiger partial charge in [0, 0.05) is 25.0 Å². The molecule has 1 aliphatic heterocycles. The molecule has 1 amide bonds. The van der Waals surface area contributed by atoms with Gasteiger partial charge in [0.05, 0.1) is 13.5 Å². The second-order valence-electron chi connectivity index (χ2n) is 6.13. The zero-order chi connectivity index (χ0) is 17.1. The zero-order valence-corrected chi connectivity index (χ0v) is 13.6. The lowest BCUT2D eigenvalue weighted by molar-refractivity contribution is -0.129. The van der Waals surface area contributed by atoms with Gasteiger partial charge in [-0.3, -0.25) is 4.79 Å². The summed E-state index contributed by atoms with van der Waals surface area (Å²) in [5.74, 6) is -0.169. The number of ether oxygens (including phenoxy) is 1. The molecule has 2 atom stereocenters. The van der Waals surface area contributed by atoms with Crippen molar-refractivity contribution in [2.75, 3.05) is 20.2 Å². The van der Waals surface area contributed by atoms with E-state index in [0.717, 1.165) is 5.56 Å². The summed E-state index contributed by atoms with van der Waals surface area (Å²) in [4.78, 5) is 14.3. The van der Waals surface area contributed by atoms with E-state index >= 15 is 0 Å². The van der Waals surface area contributed by atoms with Crippen LogP contribution >= 0.6 is 0 Å². The van der Waals surface area contributed by atoms with Crippen LogP contribution in [0.15, 0.2) is 48.5 Å². The molecule has 0 radical (unpaired) electrons. The highest BCUT2D eigenvalue weighted by Crippen LogP contribution is 2.27. The first-order valence-corrected chi connectivity index (χ1v) is 7.99. The maximum absolute atomic E-state index is 13.8. The summed E-state index contributed by atoms with van der Waals surface area (Å²) in [6.07, 6.45) is 0.162. The van der Waals surface area contributed by atoms with E-state index < -0.39 is 5.82 Å². The van der Waals surface area contributed by atoms with Crippen LogP contribution < -0.4 is 10.5 Å². The first-order chi connectivity index (χ1) is 11.6. The first kappa shape index (κ1) is 16.5. The van der Waals surface area contributed by atoms with Crippen LogP contribution in [0.3, 0.4) is 0 Å². The molecule has 0 aromatic heterocycles.